The molecular formula is C21H26ClNO4S. The van der Waals surface area contributed by atoms with E-state index in [9.17, 15) is 13.5 Å². The number of hydrogen-bond donors (Lipinski definition) is 1. The summed E-state index contributed by atoms with van der Waals surface area (Å²) >= 11 is 6.04. The number of halogens is 1. The number of rotatable bonds is 7. The minimum Gasteiger partial charge on any atom is -0.493 e. The maximum atomic E-state index is 11.5. The van der Waals surface area contributed by atoms with Crippen LogP contribution in [-0.2, 0) is 16.3 Å². The molecule has 0 aromatic heterocycles. The Labute approximate surface area is 171 Å². The average Bonchev–Trinajstić information content (AvgIpc) is 2.91. The molecule has 3 rings (SSSR count). The van der Waals surface area contributed by atoms with Gasteiger partial charge in [0.25, 0.3) is 0 Å². The van der Waals surface area contributed by atoms with Crippen molar-refractivity contribution in [2.45, 2.75) is 23.8 Å². The van der Waals surface area contributed by atoms with E-state index in [4.69, 9.17) is 16.3 Å². The van der Waals surface area contributed by atoms with E-state index in [1.165, 1.54) is 24.0 Å². The number of ether oxygens (including phenoxy) is 1. The lowest BCUT2D eigenvalue weighted by molar-refractivity contribution is 0.0136. The first kappa shape index (κ1) is 21.1. The molecule has 28 heavy (non-hydrogen) atoms. The molecular weight excluding hydrogens is 398 g/mol. The van der Waals surface area contributed by atoms with Gasteiger partial charge in [-0.15, -0.1) is 0 Å². The van der Waals surface area contributed by atoms with Crippen molar-refractivity contribution in [3.05, 3.63) is 59.1 Å². The number of sulfone groups is 1. The molecule has 2 aromatic rings. The highest BCUT2D eigenvalue weighted by molar-refractivity contribution is 7.90. The molecule has 1 N–H and O–H groups in total. The third-order valence-corrected chi connectivity index (χ3v) is 6.57. The SMILES string of the molecule is CC1(O)CN(CCc2cccc(Cl)c2)C[C@H]1COc1ccc(S(C)(=O)=O)cc1. The van der Waals surface area contributed by atoms with Crippen LogP contribution in [0.3, 0.4) is 0 Å². The van der Waals surface area contributed by atoms with Gasteiger partial charge in [-0.25, -0.2) is 8.42 Å². The fourth-order valence-corrected chi connectivity index (χ4v) is 4.36. The zero-order valence-electron chi connectivity index (χ0n) is 16.1. The molecule has 1 saturated heterocycles. The van der Waals surface area contributed by atoms with Crippen molar-refractivity contribution in [2.24, 2.45) is 5.92 Å². The van der Waals surface area contributed by atoms with Crippen molar-refractivity contribution in [2.75, 3.05) is 32.5 Å². The smallest absolute Gasteiger partial charge is 0.175 e. The fraction of sp³-hybridized carbons (Fsp3) is 0.429. The summed E-state index contributed by atoms with van der Waals surface area (Å²) in [7, 11) is -3.22. The van der Waals surface area contributed by atoms with Gasteiger partial charge < -0.3 is 9.84 Å². The van der Waals surface area contributed by atoms with E-state index < -0.39 is 15.4 Å². The Morgan fingerprint density at radius 1 is 1.25 bits per heavy atom. The molecule has 0 radical (unpaired) electrons. The summed E-state index contributed by atoms with van der Waals surface area (Å²) in [5.74, 6) is 0.571. The Morgan fingerprint density at radius 3 is 2.61 bits per heavy atom. The summed E-state index contributed by atoms with van der Waals surface area (Å²) in [6, 6.07) is 14.2. The molecule has 2 atom stereocenters. The standard InChI is InChI=1S/C21H26ClNO4S/c1-21(24)15-23(11-10-16-4-3-5-18(22)12-16)13-17(21)14-27-19-6-8-20(9-7-19)28(2,25)26/h3-9,12,17,24H,10-11,13-15H2,1-2H3/t17-,21?/m0/s1. The Balaban J connectivity index is 1.54. The summed E-state index contributed by atoms with van der Waals surface area (Å²) < 4.78 is 28.9. The van der Waals surface area contributed by atoms with Crippen LogP contribution in [0.2, 0.25) is 5.02 Å². The van der Waals surface area contributed by atoms with Crippen LogP contribution in [0.1, 0.15) is 12.5 Å². The molecule has 0 bridgehead atoms. The molecule has 0 amide bonds. The molecule has 1 unspecified atom stereocenters. The summed E-state index contributed by atoms with van der Waals surface area (Å²) in [6.07, 6.45) is 2.05. The number of likely N-dealkylation sites (tertiary alicyclic amines) is 1. The molecule has 7 heteroatoms. The van der Waals surface area contributed by atoms with Crippen LogP contribution in [0.4, 0.5) is 0 Å². The van der Waals surface area contributed by atoms with E-state index in [2.05, 4.69) is 11.0 Å². The van der Waals surface area contributed by atoms with Crippen LogP contribution in [-0.4, -0.2) is 56.5 Å². The molecule has 152 valence electrons. The fourth-order valence-electron chi connectivity index (χ4n) is 3.52. The summed E-state index contributed by atoms with van der Waals surface area (Å²) in [5, 5.41) is 11.5. The van der Waals surface area contributed by atoms with Crippen LogP contribution in [0.15, 0.2) is 53.4 Å². The lowest BCUT2D eigenvalue weighted by Gasteiger charge is -2.24. The predicted molar refractivity (Wildman–Crippen MR) is 111 cm³/mol. The lowest BCUT2D eigenvalue weighted by Crippen LogP contribution is -2.37. The molecule has 0 spiro atoms. The molecule has 0 saturated carbocycles. The van der Waals surface area contributed by atoms with Crippen molar-refractivity contribution >= 4 is 21.4 Å². The maximum Gasteiger partial charge on any atom is 0.175 e. The van der Waals surface area contributed by atoms with E-state index in [1.54, 1.807) is 12.1 Å². The molecule has 2 aromatic carbocycles. The van der Waals surface area contributed by atoms with E-state index in [-0.39, 0.29) is 10.8 Å². The summed E-state index contributed by atoms with van der Waals surface area (Å²) in [4.78, 5) is 2.50. The third-order valence-electron chi connectivity index (χ3n) is 5.21. The van der Waals surface area contributed by atoms with Gasteiger partial charge in [0.1, 0.15) is 5.75 Å². The molecule has 1 aliphatic heterocycles. The van der Waals surface area contributed by atoms with Crippen LogP contribution >= 0.6 is 11.6 Å². The Kier molecular flexibility index (Phi) is 6.34. The highest BCUT2D eigenvalue weighted by atomic mass is 35.5. The number of hydrogen-bond acceptors (Lipinski definition) is 5. The lowest BCUT2D eigenvalue weighted by atomic mass is 9.94. The second kappa shape index (κ2) is 8.41. The molecule has 1 aliphatic rings. The average molecular weight is 424 g/mol. The zero-order chi connectivity index (χ0) is 20.4. The second-order valence-electron chi connectivity index (χ2n) is 7.72. The van der Waals surface area contributed by atoms with Crippen LogP contribution in [0.25, 0.3) is 0 Å². The van der Waals surface area contributed by atoms with E-state index in [1.807, 2.05) is 25.1 Å². The van der Waals surface area contributed by atoms with Gasteiger partial charge in [0, 0.05) is 36.8 Å². The van der Waals surface area contributed by atoms with Crippen LogP contribution < -0.4 is 4.74 Å². The van der Waals surface area contributed by atoms with E-state index in [0.717, 1.165) is 24.5 Å². The molecule has 1 heterocycles. The minimum atomic E-state index is -3.22. The van der Waals surface area contributed by atoms with Gasteiger partial charge in [0.05, 0.1) is 17.1 Å². The van der Waals surface area contributed by atoms with E-state index >= 15 is 0 Å². The van der Waals surface area contributed by atoms with Crippen molar-refractivity contribution in [1.82, 2.24) is 4.90 Å². The van der Waals surface area contributed by atoms with Crippen LogP contribution in [0, 0.1) is 5.92 Å². The minimum absolute atomic E-state index is 0.0264. The Morgan fingerprint density at radius 2 is 1.96 bits per heavy atom. The Hall–Kier alpha value is -1.60. The second-order valence-corrected chi connectivity index (χ2v) is 10.2. The quantitative estimate of drug-likeness (QED) is 0.741. The molecule has 0 aliphatic carbocycles. The Bertz CT molecular complexity index is 912. The van der Waals surface area contributed by atoms with Gasteiger partial charge in [0.2, 0.25) is 0 Å². The first-order valence-electron chi connectivity index (χ1n) is 9.25. The largest absolute Gasteiger partial charge is 0.493 e. The van der Waals surface area contributed by atoms with Gasteiger partial charge in [-0.05, 0) is 55.3 Å². The number of aliphatic hydroxyl groups is 1. The topological polar surface area (TPSA) is 66.8 Å². The highest BCUT2D eigenvalue weighted by Gasteiger charge is 2.41. The normalized spacial score (nSPS) is 23.1. The number of benzene rings is 2. The summed E-state index contributed by atoms with van der Waals surface area (Å²) in [5.41, 5.74) is 0.346. The number of nitrogens with zero attached hydrogens (tertiary/aromatic N) is 1. The highest BCUT2D eigenvalue weighted by Crippen LogP contribution is 2.29. The van der Waals surface area contributed by atoms with Gasteiger partial charge in [-0.1, -0.05) is 23.7 Å². The molecule has 1 fully saturated rings. The number of β-amino-alcohol motifs (C(OH)–C–C–N with tert-alkyl or cyclic N) is 1. The maximum absolute atomic E-state index is 11.5. The zero-order valence-corrected chi connectivity index (χ0v) is 17.7. The van der Waals surface area contributed by atoms with Crippen molar-refractivity contribution in [3.63, 3.8) is 0 Å². The monoisotopic (exact) mass is 423 g/mol. The summed E-state index contributed by atoms with van der Waals surface area (Å²) in [6.45, 7) is 4.39. The predicted octanol–water partition coefficient (Wildman–Crippen LogP) is 3.05. The first-order chi connectivity index (χ1) is 13.1. The van der Waals surface area contributed by atoms with Gasteiger partial charge in [0.15, 0.2) is 9.84 Å². The van der Waals surface area contributed by atoms with Gasteiger partial charge in [-0.3, -0.25) is 4.90 Å². The van der Waals surface area contributed by atoms with Gasteiger partial charge in [-0.2, -0.15) is 0 Å². The van der Waals surface area contributed by atoms with E-state index in [0.29, 0.717) is 18.9 Å². The van der Waals surface area contributed by atoms with Crippen molar-refractivity contribution in [3.8, 4) is 5.75 Å². The van der Waals surface area contributed by atoms with Gasteiger partial charge >= 0.3 is 0 Å². The first-order valence-corrected chi connectivity index (χ1v) is 11.5. The third kappa shape index (κ3) is 5.47. The van der Waals surface area contributed by atoms with Crippen molar-refractivity contribution < 1.29 is 18.3 Å². The van der Waals surface area contributed by atoms with Crippen molar-refractivity contribution in [1.29, 1.82) is 0 Å². The van der Waals surface area contributed by atoms with Crippen LogP contribution in [0.5, 0.6) is 5.75 Å². The molecule has 5 nitrogen and oxygen atoms in total.